The Bertz CT molecular complexity index is 682. The van der Waals surface area contributed by atoms with E-state index in [2.05, 4.69) is 10.3 Å². The van der Waals surface area contributed by atoms with Gasteiger partial charge in [0.2, 0.25) is 0 Å². The summed E-state index contributed by atoms with van der Waals surface area (Å²) in [6.07, 6.45) is 6.72. The van der Waals surface area contributed by atoms with Crippen LogP contribution in [0.1, 0.15) is 29.6 Å². The second kappa shape index (κ2) is 8.62. The number of hydrogen-bond donors (Lipinski definition) is 1. The molecule has 1 aliphatic heterocycles. The fourth-order valence-electron chi connectivity index (χ4n) is 3.19. The zero-order valence-corrected chi connectivity index (χ0v) is 14.6. The van der Waals surface area contributed by atoms with Crippen LogP contribution < -0.4 is 10.1 Å². The number of amides is 1. The van der Waals surface area contributed by atoms with Crippen LogP contribution in [0.25, 0.3) is 0 Å². The first-order valence-corrected chi connectivity index (χ1v) is 8.88. The Balaban J connectivity index is 1.60. The number of benzene rings is 1. The molecule has 2 heterocycles. The molecule has 1 aromatic heterocycles. The van der Waals surface area contributed by atoms with Gasteiger partial charge in [0.05, 0.1) is 0 Å². The van der Waals surface area contributed by atoms with E-state index >= 15 is 0 Å². The minimum atomic E-state index is 0.0900. The normalized spacial score (nSPS) is 15.2. The van der Waals surface area contributed by atoms with Crippen LogP contribution in [0.3, 0.4) is 0 Å². The first kappa shape index (κ1) is 17.4. The lowest BCUT2D eigenvalue weighted by Gasteiger charge is -2.32. The summed E-state index contributed by atoms with van der Waals surface area (Å²) in [5.74, 6) is 2.19. The summed E-state index contributed by atoms with van der Waals surface area (Å²) in [6.45, 7) is 2.72. The van der Waals surface area contributed by atoms with Crippen LogP contribution in [-0.4, -0.2) is 42.5 Å². The number of aromatic nitrogens is 1. The van der Waals surface area contributed by atoms with Crippen molar-refractivity contribution in [2.45, 2.75) is 19.3 Å². The third kappa shape index (κ3) is 4.79. The number of carbonyl (C=O) groups is 1. The van der Waals surface area contributed by atoms with Gasteiger partial charge in [0, 0.05) is 31.0 Å². The Morgan fingerprint density at radius 1 is 1.20 bits per heavy atom. The second-order valence-corrected chi connectivity index (χ2v) is 6.44. The van der Waals surface area contributed by atoms with Gasteiger partial charge in [0.15, 0.2) is 0 Å². The van der Waals surface area contributed by atoms with Crippen LogP contribution >= 0.6 is 0 Å². The number of nitrogens with zero attached hydrogens (tertiary/aromatic N) is 2. The highest BCUT2D eigenvalue weighted by Gasteiger charge is 2.23. The van der Waals surface area contributed by atoms with Crippen molar-refractivity contribution in [3.63, 3.8) is 0 Å². The molecule has 0 aliphatic carbocycles. The highest BCUT2D eigenvalue weighted by Crippen LogP contribution is 2.24. The van der Waals surface area contributed by atoms with Crippen molar-refractivity contribution in [2.24, 2.45) is 5.92 Å². The molecule has 5 heteroatoms. The molecule has 1 saturated heterocycles. The van der Waals surface area contributed by atoms with Crippen LogP contribution in [0.4, 0.5) is 0 Å². The Morgan fingerprint density at radius 2 is 1.96 bits per heavy atom. The summed E-state index contributed by atoms with van der Waals surface area (Å²) >= 11 is 0. The highest BCUT2D eigenvalue weighted by molar-refractivity contribution is 5.94. The minimum Gasteiger partial charge on any atom is -0.457 e. The third-order valence-corrected chi connectivity index (χ3v) is 4.67. The molecular weight excluding hydrogens is 314 g/mol. The minimum absolute atomic E-state index is 0.0900. The lowest BCUT2D eigenvalue weighted by atomic mass is 9.93. The summed E-state index contributed by atoms with van der Waals surface area (Å²) in [6, 6.07) is 11.0. The van der Waals surface area contributed by atoms with Crippen molar-refractivity contribution >= 4 is 5.91 Å². The fourth-order valence-corrected chi connectivity index (χ4v) is 3.19. The van der Waals surface area contributed by atoms with Gasteiger partial charge in [0.1, 0.15) is 11.5 Å². The Kier molecular flexibility index (Phi) is 6.01. The van der Waals surface area contributed by atoms with Gasteiger partial charge in [-0.25, -0.2) is 0 Å². The molecule has 1 aliphatic rings. The van der Waals surface area contributed by atoms with E-state index in [1.807, 2.05) is 36.2 Å². The van der Waals surface area contributed by atoms with Gasteiger partial charge >= 0.3 is 0 Å². The van der Waals surface area contributed by atoms with Crippen LogP contribution in [0.2, 0.25) is 0 Å². The molecule has 0 spiro atoms. The summed E-state index contributed by atoms with van der Waals surface area (Å²) in [7, 11) is 1.99. The molecule has 1 amide bonds. The zero-order chi connectivity index (χ0) is 17.5. The molecule has 1 N–H and O–H groups in total. The Morgan fingerprint density at radius 3 is 2.68 bits per heavy atom. The highest BCUT2D eigenvalue weighted by atomic mass is 16.5. The first-order valence-electron chi connectivity index (χ1n) is 8.88. The molecule has 25 heavy (non-hydrogen) atoms. The lowest BCUT2D eigenvalue weighted by molar-refractivity contribution is 0.0687. The summed E-state index contributed by atoms with van der Waals surface area (Å²) in [4.78, 5) is 18.7. The van der Waals surface area contributed by atoms with Crippen LogP contribution in [0, 0.1) is 5.92 Å². The van der Waals surface area contributed by atoms with E-state index in [1.54, 1.807) is 24.5 Å². The molecule has 2 aromatic rings. The third-order valence-electron chi connectivity index (χ3n) is 4.67. The molecule has 3 rings (SSSR count). The van der Waals surface area contributed by atoms with Gasteiger partial charge in [0.25, 0.3) is 5.91 Å². The molecule has 132 valence electrons. The van der Waals surface area contributed by atoms with E-state index in [9.17, 15) is 4.79 Å². The van der Waals surface area contributed by atoms with Gasteiger partial charge in [-0.2, -0.15) is 0 Å². The predicted molar refractivity (Wildman–Crippen MR) is 97.9 cm³/mol. The van der Waals surface area contributed by atoms with E-state index in [4.69, 9.17) is 4.74 Å². The van der Waals surface area contributed by atoms with E-state index in [-0.39, 0.29) is 5.91 Å². The number of rotatable bonds is 6. The fraction of sp³-hybridized carbons (Fsp3) is 0.400. The van der Waals surface area contributed by atoms with Crippen LogP contribution in [0.5, 0.6) is 11.5 Å². The van der Waals surface area contributed by atoms with Crippen molar-refractivity contribution in [3.05, 3.63) is 54.4 Å². The lowest BCUT2D eigenvalue weighted by Crippen LogP contribution is -2.38. The molecule has 1 fully saturated rings. The number of pyridine rings is 1. The van der Waals surface area contributed by atoms with E-state index in [0.29, 0.717) is 17.1 Å². The largest absolute Gasteiger partial charge is 0.457 e. The molecule has 0 radical (unpaired) electrons. The second-order valence-electron chi connectivity index (χ2n) is 6.44. The topological polar surface area (TPSA) is 54.5 Å². The average molecular weight is 339 g/mol. The van der Waals surface area contributed by atoms with Crippen molar-refractivity contribution in [3.8, 4) is 11.5 Å². The predicted octanol–water partition coefficient (Wildman–Crippen LogP) is 3.34. The van der Waals surface area contributed by atoms with Crippen molar-refractivity contribution in [1.82, 2.24) is 15.2 Å². The van der Waals surface area contributed by atoms with Gasteiger partial charge in [-0.1, -0.05) is 6.07 Å². The molecule has 0 saturated carbocycles. The molecule has 0 bridgehead atoms. The maximum atomic E-state index is 12.8. The van der Waals surface area contributed by atoms with Crippen LogP contribution in [-0.2, 0) is 0 Å². The number of likely N-dealkylation sites (tertiary alicyclic amines) is 1. The average Bonchev–Trinajstić information content (AvgIpc) is 2.67. The van der Waals surface area contributed by atoms with E-state index in [0.717, 1.165) is 38.4 Å². The molecule has 5 nitrogen and oxygen atoms in total. The number of carbonyl (C=O) groups excluding carboxylic acids is 1. The molecule has 0 unspecified atom stereocenters. The Labute approximate surface area is 149 Å². The quantitative estimate of drug-likeness (QED) is 0.877. The monoisotopic (exact) mass is 339 g/mol. The van der Waals surface area contributed by atoms with Crippen LogP contribution in [0.15, 0.2) is 48.8 Å². The maximum absolute atomic E-state index is 12.8. The zero-order valence-electron chi connectivity index (χ0n) is 14.6. The Hall–Kier alpha value is -2.40. The van der Waals surface area contributed by atoms with E-state index in [1.165, 1.54) is 6.42 Å². The number of nitrogens with one attached hydrogen (secondary N) is 1. The van der Waals surface area contributed by atoms with Crippen molar-refractivity contribution in [2.75, 3.05) is 26.7 Å². The van der Waals surface area contributed by atoms with Crippen molar-refractivity contribution in [1.29, 1.82) is 0 Å². The molecule has 1 aromatic carbocycles. The number of piperidine rings is 1. The first-order chi connectivity index (χ1) is 12.3. The summed E-state index contributed by atoms with van der Waals surface area (Å²) in [5, 5.41) is 3.20. The standard InChI is InChI=1S/C20H25N3O2/c1-21-10-5-16-8-13-23(14-9-16)20(24)17-3-2-4-19(15-17)25-18-6-11-22-12-7-18/h2-4,6-7,11-12,15-16,21H,5,8-10,13-14H2,1H3. The number of ether oxygens (including phenoxy) is 1. The molecular formula is C20H25N3O2. The van der Waals surface area contributed by atoms with Gasteiger partial charge in [-0.3, -0.25) is 9.78 Å². The number of hydrogen-bond acceptors (Lipinski definition) is 4. The van der Waals surface area contributed by atoms with Crippen molar-refractivity contribution < 1.29 is 9.53 Å². The smallest absolute Gasteiger partial charge is 0.253 e. The summed E-state index contributed by atoms with van der Waals surface area (Å²) in [5.41, 5.74) is 0.681. The maximum Gasteiger partial charge on any atom is 0.253 e. The molecule has 0 atom stereocenters. The van der Waals surface area contributed by atoms with Gasteiger partial charge < -0.3 is 15.0 Å². The SMILES string of the molecule is CNCCC1CCN(C(=O)c2cccc(Oc3ccncc3)c2)CC1. The van der Waals surface area contributed by atoms with Gasteiger partial charge in [-0.15, -0.1) is 0 Å². The van der Waals surface area contributed by atoms with Gasteiger partial charge in [-0.05, 0) is 69.1 Å². The summed E-state index contributed by atoms with van der Waals surface area (Å²) < 4.78 is 5.80. The van der Waals surface area contributed by atoms with E-state index < -0.39 is 0 Å².